The lowest BCUT2D eigenvalue weighted by atomic mass is 9.86. The first-order valence-corrected chi connectivity index (χ1v) is 10.2. The Morgan fingerprint density at radius 3 is 2.48 bits per heavy atom. The summed E-state index contributed by atoms with van der Waals surface area (Å²) < 4.78 is 34.4. The highest BCUT2D eigenvalue weighted by Gasteiger charge is 2.35. The lowest BCUT2D eigenvalue weighted by molar-refractivity contribution is -0.125. The molecule has 0 saturated heterocycles. The van der Waals surface area contributed by atoms with Crippen molar-refractivity contribution in [3.63, 3.8) is 0 Å². The predicted octanol–water partition coefficient (Wildman–Crippen LogP) is 3.03. The quantitative estimate of drug-likeness (QED) is 0.758. The standard InChI is InChI=1S/C22H28F2N4O3/c1-12(2)25-21(30)18(22(3,4)5)27-20(29)17-16-11-31-9-8-28(16)19(26-17)13-6-7-14(23)15(24)10-13/h6-7,10,12,18H,8-9,11H2,1-5H3,(H,25,30)(H,27,29)/t18-/m1/s1. The Balaban J connectivity index is 1.98. The Morgan fingerprint density at radius 2 is 1.87 bits per heavy atom. The number of carbonyl (C=O) groups excluding carboxylic acids is 2. The van der Waals surface area contributed by atoms with E-state index in [-0.39, 0.29) is 24.2 Å². The first-order valence-electron chi connectivity index (χ1n) is 10.2. The molecule has 1 aromatic heterocycles. The van der Waals surface area contributed by atoms with Gasteiger partial charge >= 0.3 is 0 Å². The molecule has 0 unspecified atom stereocenters. The van der Waals surface area contributed by atoms with Crippen LogP contribution in [0, 0.1) is 17.0 Å². The van der Waals surface area contributed by atoms with Crippen LogP contribution in [0.15, 0.2) is 18.2 Å². The highest BCUT2D eigenvalue weighted by molar-refractivity contribution is 5.98. The molecule has 0 spiro atoms. The molecule has 0 radical (unpaired) electrons. The number of aromatic nitrogens is 2. The molecule has 31 heavy (non-hydrogen) atoms. The third-order valence-electron chi connectivity index (χ3n) is 5.00. The van der Waals surface area contributed by atoms with E-state index in [1.54, 1.807) is 4.57 Å². The van der Waals surface area contributed by atoms with Gasteiger partial charge in [0.2, 0.25) is 5.91 Å². The van der Waals surface area contributed by atoms with E-state index in [0.29, 0.717) is 30.2 Å². The lowest BCUT2D eigenvalue weighted by Crippen LogP contribution is -2.54. The fourth-order valence-electron chi connectivity index (χ4n) is 3.48. The monoisotopic (exact) mass is 434 g/mol. The summed E-state index contributed by atoms with van der Waals surface area (Å²) in [5, 5.41) is 5.63. The normalized spacial score (nSPS) is 14.8. The number of benzene rings is 1. The van der Waals surface area contributed by atoms with Crippen LogP contribution in [0.4, 0.5) is 8.78 Å². The molecule has 9 heteroatoms. The Bertz CT molecular complexity index is 995. The molecular formula is C22H28F2N4O3. The van der Waals surface area contributed by atoms with Crippen molar-refractivity contribution in [3.05, 3.63) is 41.2 Å². The second-order valence-corrected chi connectivity index (χ2v) is 9.00. The molecule has 2 N–H and O–H groups in total. The summed E-state index contributed by atoms with van der Waals surface area (Å²) in [7, 11) is 0. The van der Waals surface area contributed by atoms with Gasteiger partial charge in [-0.25, -0.2) is 13.8 Å². The van der Waals surface area contributed by atoms with Gasteiger partial charge in [0.05, 0.1) is 18.9 Å². The van der Waals surface area contributed by atoms with Gasteiger partial charge in [-0.2, -0.15) is 0 Å². The Morgan fingerprint density at radius 1 is 1.16 bits per heavy atom. The Hall–Kier alpha value is -2.81. The largest absolute Gasteiger partial charge is 0.373 e. The van der Waals surface area contributed by atoms with Crippen LogP contribution in [0.1, 0.15) is 50.8 Å². The predicted molar refractivity (Wildman–Crippen MR) is 111 cm³/mol. The first-order chi connectivity index (χ1) is 14.5. The number of fused-ring (bicyclic) bond motifs is 1. The van der Waals surface area contributed by atoms with E-state index in [0.717, 1.165) is 12.1 Å². The average Bonchev–Trinajstić information content (AvgIpc) is 3.06. The molecule has 2 heterocycles. The van der Waals surface area contributed by atoms with Crippen LogP contribution in [0.25, 0.3) is 11.4 Å². The number of amides is 2. The van der Waals surface area contributed by atoms with Crippen molar-refractivity contribution in [1.82, 2.24) is 20.2 Å². The molecule has 3 rings (SSSR count). The van der Waals surface area contributed by atoms with Gasteiger partial charge in [-0.3, -0.25) is 9.59 Å². The van der Waals surface area contributed by atoms with Crippen LogP contribution in [0.5, 0.6) is 0 Å². The van der Waals surface area contributed by atoms with Gasteiger partial charge in [0.15, 0.2) is 17.3 Å². The number of carbonyl (C=O) groups is 2. The maximum Gasteiger partial charge on any atom is 0.272 e. The van der Waals surface area contributed by atoms with Gasteiger partial charge in [-0.1, -0.05) is 20.8 Å². The summed E-state index contributed by atoms with van der Waals surface area (Å²) in [6.07, 6.45) is 0. The number of ether oxygens (including phenoxy) is 1. The van der Waals surface area contributed by atoms with Gasteiger partial charge in [0, 0.05) is 18.2 Å². The second kappa shape index (κ2) is 8.74. The molecule has 1 aliphatic rings. The van der Waals surface area contributed by atoms with E-state index in [1.165, 1.54) is 6.07 Å². The fourth-order valence-corrected chi connectivity index (χ4v) is 3.48. The number of nitrogens with one attached hydrogen (secondary N) is 2. The topological polar surface area (TPSA) is 85.3 Å². The van der Waals surface area contributed by atoms with E-state index in [1.807, 2.05) is 34.6 Å². The zero-order chi connectivity index (χ0) is 22.9. The number of hydrogen-bond donors (Lipinski definition) is 2. The van der Waals surface area contributed by atoms with Crippen LogP contribution < -0.4 is 10.6 Å². The molecule has 168 valence electrons. The van der Waals surface area contributed by atoms with E-state index in [2.05, 4.69) is 15.6 Å². The molecule has 2 aromatic rings. The highest BCUT2D eigenvalue weighted by atomic mass is 19.2. The Labute approximate surface area is 180 Å². The van der Waals surface area contributed by atoms with E-state index in [9.17, 15) is 18.4 Å². The number of imidazole rings is 1. The van der Waals surface area contributed by atoms with Gasteiger partial charge in [0.1, 0.15) is 11.9 Å². The lowest BCUT2D eigenvalue weighted by Gasteiger charge is -2.31. The van der Waals surface area contributed by atoms with Crippen molar-refractivity contribution >= 4 is 11.8 Å². The van der Waals surface area contributed by atoms with Crippen LogP contribution >= 0.6 is 0 Å². The molecule has 7 nitrogen and oxygen atoms in total. The number of halogens is 2. The Kier molecular flexibility index (Phi) is 6.45. The van der Waals surface area contributed by atoms with Crippen LogP contribution in [0.3, 0.4) is 0 Å². The van der Waals surface area contributed by atoms with Crippen molar-refractivity contribution in [2.75, 3.05) is 6.61 Å². The molecule has 1 atom stereocenters. The number of hydrogen-bond acceptors (Lipinski definition) is 4. The third kappa shape index (κ3) is 4.92. The number of rotatable bonds is 5. The zero-order valence-corrected chi connectivity index (χ0v) is 18.4. The van der Waals surface area contributed by atoms with Crippen LogP contribution in [-0.2, 0) is 22.7 Å². The average molecular weight is 434 g/mol. The molecule has 1 aromatic carbocycles. The summed E-state index contributed by atoms with van der Waals surface area (Å²) in [5.41, 5.74) is 0.436. The van der Waals surface area contributed by atoms with Gasteiger partial charge < -0.3 is 19.9 Å². The maximum atomic E-state index is 13.8. The summed E-state index contributed by atoms with van der Waals surface area (Å²) in [6.45, 7) is 10.2. The second-order valence-electron chi connectivity index (χ2n) is 9.00. The number of nitrogens with zero attached hydrogens (tertiary/aromatic N) is 2. The minimum atomic E-state index is -0.994. The molecule has 0 saturated carbocycles. The summed E-state index contributed by atoms with van der Waals surface area (Å²) >= 11 is 0. The maximum absolute atomic E-state index is 13.8. The van der Waals surface area contributed by atoms with Crippen molar-refractivity contribution in [1.29, 1.82) is 0 Å². The fraction of sp³-hybridized carbons (Fsp3) is 0.500. The minimum Gasteiger partial charge on any atom is -0.373 e. The van der Waals surface area contributed by atoms with Crippen molar-refractivity contribution in [2.24, 2.45) is 5.41 Å². The summed E-state index contributed by atoms with van der Waals surface area (Å²) in [5.74, 6) is -2.42. The SMILES string of the molecule is CC(C)NC(=O)[C@@H](NC(=O)c1nc(-c2ccc(F)c(F)c2)n2c1COCC2)C(C)(C)C. The molecule has 2 amide bonds. The third-order valence-corrected chi connectivity index (χ3v) is 5.00. The van der Waals surface area contributed by atoms with Gasteiger partial charge in [-0.15, -0.1) is 0 Å². The highest BCUT2D eigenvalue weighted by Crippen LogP contribution is 2.27. The van der Waals surface area contributed by atoms with E-state index < -0.39 is 29.0 Å². The molecule has 0 aliphatic carbocycles. The van der Waals surface area contributed by atoms with Gasteiger partial charge in [-0.05, 0) is 37.5 Å². The summed E-state index contributed by atoms with van der Waals surface area (Å²) in [4.78, 5) is 30.3. The van der Waals surface area contributed by atoms with Crippen molar-refractivity contribution < 1.29 is 23.1 Å². The van der Waals surface area contributed by atoms with Crippen LogP contribution in [-0.4, -0.2) is 40.1 Å². The zero-order valence-electron chi connectivity index (χ0n) is 18.4. The first kappa shape index (κ1) is 22.9. The molecule has 0 bridgehead atoms. The van der Waals surface area contributed by atoms with Crippen LogP contribution in [0.2, 0.25) is 0 Å². The van der Waals surface area contributed by atoms with Gasteiger partial charge in [0.25, 0.3) is 5.91 Å². The minimum absolute atomic E-state index is 0.0806. The van der Waals surface area contributed by atoms with Crippen molar-refractivity contribution in [2.45, 2.75) is 59.9 Å². The molecule has 1 aliphatic heterocycles. The smallest absolute Gasteiger partial charge is 0.272 e. The van der Waals surface area contributed by atoms with E-state index in [4.69, 9.17) is 4.74 Å². The molecule has 0 fully saturated rings. The summed E-state index contributed by atoms with van der Waals surface area (Å²) in [6, 6.07) is 2.62. The van der Waals surface area contributed by atoms with Crippen molar-refractivity contribution in [3.8, 4) is 11.4 Å². The van der Waals surface area contributed by atoms with E-state index >= 15 is 0 Å². The molecular weight excluding hydrogens is 406 g/mol.